The van der Waals surface area contributed by atoms with Crippen LogP contribution in [0.1, 0.15) is 41.6 Å². The number of ether oxygens (including phenoxy) is 3. The lowest BCUT2D eigenvalue weighted by Gasteiger charge is -2.37. The summed E-state index contributed by atoms with van der Waals surface area (Å²) >= 11 is 0. The Morgan fingerprint density at radius 3 is 2.87 bits per heavy atom. The molecule has 0 radical (unpaired) electrons. The Hall–Kier alpha value is -2.34. The summed E-state index contributed by atoms with van der Waals surface area (Å²) in [4.78, 5) is 15.3. The van der Waals surface area contributed by atoms with Gasteiger partial charge in [-0.25, -0.2) is 0 Å². The lowest BCUT2D eigenvalue weighted by Crippen LogP contribution is -2.49. The summed E-state index contributed by atoms with van der Waals surface area (Å²) in [5.41, 5.74) is 1.11. The zero-order valence-corrected chi connectivity index (χ0v) is 17.8. The van der Waals surface area contributed by atoms with E-state index in [1.807, 2.05) is 0 Å². The van der Waals surface area contributed by atoms with Crippen LogP contribution in [0.3, 0.4) is 0 Å². The van der Waals surface area contributed by atoms with Gasteiger partial charge in [0.2, 0.25) is 0 Å². The number of piperidine rings is 1. The number of carbonyl (C=O) groups excluding carboxylic acids is 1. The van der Waals surface area contributed by atoms with Crippen LogP contribution in [0.2, 0.25) is 0 Å². The smallest absolute Gasteiger partial charge is 0.255 e. The van der Waals surface area contributed by atoms with Crippen LogP contribution >= 0.6 is 0 Å². The highest BCUT2D eigenvalue weighted by atomic mass is 16.5. The maximum absolute atomic E-state index is 13.0. The minimum atomic E-state index is -0.489. The van der Waals surface area contributed by atoms with Crippen molar-refractivity contribution < 1.29 is 24.1 Å². The lowest BCUT2D eigenvalue weighted by molar-refractivity contribution is -0.00191. The van der Waals surface area contributed by atoms with E-state index in [1.165, 1.54) is 0 Å². The Bertz CT molecular complexity index is 818. The molecule has 2 unspecified atom stereocenters. The Morgan fingerprint density at radius 1 is 1.23 bits per heavy atom. The number of rotatable bonds is 6. The van der Waals surface area contributed by atoms with Crippen molar-refractivity contribution in [3.05, 3.63) is 23.3 Å². The van der Waals surface area contributed by atoms with Crippen LogP contribution < -0.4 is 14.8 Å². The third kappa shape index (κ3) is 5.48. The van der Waals surface area contributed by atoms with Crippen LogP contribution in [0.25, 0.3) is 0 Å². The van der Waals surface area contributed by atoms with Crippen molar-refractivity contribution in [2.45, 2.75) is 44.3 Å². The van der Waals surface area contributed by atoms with Gasteiger partial charge in [-0.05, 0) is 43.5 Å². The number of β-amino-alcohol motifs (C(OH)–C–C–N with tert-alkyl or cyclic N) is 1. The van der Waals surface area contributed by atoms with Crippen molar-refractivity contribution in [2.75, 3.05) is 46.0 Å². The molecule has 8 nitrogen and oxygen atoms in total. The fourth-order valence-electron chi connectivity index (χ4n) is 4.54. The van der Waals surface area contributed by atoms with E-state index in [1.54, 1.807) is 12.1 Å². The number of fused-ring (bicyclic) bond motifs is 1. The number of aliphatic hydroxyl groups excluding tert-OH is 1. The van der Waals surface area contributed by atoms with Gasteiger partial charge >= 0.3 is 0 Å². The molecule has 8 heteroatoms. The number of carbonyl (C=O) groups is 1. The van der Waals surface area contributed by atoms with Gasteiger partial charge in [0.25, 0.3) is 5.91 Å². The summed E-state index contributed by atoms with van der Waals surface area (Å²) in [6.45, 7) is 4.58. The SMILES string of the molecule is N#CCc1cc2c(c(C(=O)NC[C@@H]3CCN(CC4CCCO4)CC3O)c1)OCCCO2. The second-order valence-electron chi connectivity index (χ2n) is 8.58. The number of benzene rings is 1. The number of hydrogen-bond donors (Lipinski definition) is 2. The molecular formula is C23H31N3O5. The Labute approximate surface area is 183 Å². The summed E-state index contributed by atoms with van der Waals surface area (Å²) in [6.07, 6.45) is 3.74. The van der Waals surface area contributed by atoms with Gasteiger partial charge in [0.1, 0.15) is 0 Å². The molecule has 3 heterocycles. The van der Waals surface area contributed by atoms with E-state index in [4.69, 9.17) is 19.5 Å². The molecule has 31 heavy (non-hydrogen) atoms. The molecule has 3 aliphatic heterocycles. The number of hydrogen-bond acceptors (Lipinski definition) is 7. The predicted octanol–water partition coefficient (Wildman–Crippen LogP) is 1.51. The molecule has 0 bridgehead atoms. The molecule has 3 atom stereocenters. The van der Waals surface area contributed by atoms with Crippen molar-refractivity contribution in [3.8, 4) is 17.6 Å². The van der Waals surface area contributed by atoms with Crippen LogP contribution in [0.15, 0.2) is 12.1 Å². The fraction of sp³-hybridized carbons (Fsp3) is 0.652. The molecule has 0 aromatic heterocycles. The molecule has 0 aliphatic carbocycles. The van der Waals surface area contributed by atoms with Crippen LogP contribution in [0.5, 0.6) is 11.5 Å². The molecule has 3 aliphatic rings. The molecule has 0 spiro atoms. The Morgan fingerprint density at radius 2 is 2.10 bits per heavy atom. The van der Waals surface area contributed by atoms with Gasteiger partial charge in [-0.1, -0.05) is 0 Å². The van der Waals surface area contributed by atoms with Gasteiger partial charge in [0, 0.05) is 38.6 Å². The summed E-state index contributed by atoms with van der Waals surface area (Å²) in [6, 6.07) is 5.59. The Balaban J connectivity index is 1.36. The molecule has 168 valence electrons. The second kappa shape index (κ2) is 10.3. The normalized spacial score (nSPS) is 26.1. The van der Waals surface area contributed by atoms with Gasteiger partial charge < -0.3 is 24.6 Å². The third-order valence-corrected chi connectivity index (χ3v) is 6.25. The zero-order chi connectivity index (χ0) is 21.6. The first-order valence-electron chi connectivity index (χ1n) is 11.2. The van der Waals surface area contributed by atoms with E-state index in [0.29, 0.717) is 43.4 Å². The first-order chi connectivity index (χ1) is 15.1. The fourth-order valence-corrected chi connectivity index (χ4v) is 4.54. The molecule has 1 aromatic carbocycles. The predicted molar refractivity (Wildman–Crippen MR) is 113 cm³/mol. The quantitative estimate of drug-likeness (QED) is 0.706. The minimum absolute atomic E-state index is 0.00256. The monoisotopic (exact) mass is 429 g/mol. The summed E-state index contributed by atoms with van der Waals surface area (Å²) in [5, 5.41) is 22.7. The molecule has 2 fully saturated rings. The lowest BCUT2D eigenvalue weighted by atomic mass is 9.93. The van der Waals surface area contributed by atoms with Crippen molar-refractivity contribution in [3.63, 3.8) is 0 Å². The van der Waals surface area contributed by atoms with Gasteiger partial charge in [-0.15, -0.1) is 0 Å². The van der Waals surface area contributed by atoms with E-state index in [9.17, 15) is 9.90 Å². The standard InChI is InChI=1S/C23H31N3O5/c24-6-4-16-11-19(22-21(12-16)30-9-2-10-31-22)23(28)25-13-17-5-7-26(15-20(17)27)14-18-3-1-8-29-18/h11-12,17-18,20,27H,1-5,7-10,13-15H2,(H,25,28)/t17-,18?,20?/m0/s1. The van der Waals surface area contributed by atoms with Gasteiger partial charge in [-0.3, -0.25) is 9.69 Å². The second-order valence-corrected chi connectivity index (χ2v) is 8.58. The summed E-state index contributed by atoms with van der Waals surface area (Å²) in [7, 11) is 0. The molecule has 2 saturated heterocycles. The Kier molecular flexibility index (Phi) is 7.28. The van der Waals surface area contributed by atoms with Crippen molar-refractivity contribution in [2.24, 2.45) is 5.92 Å². The maximum atomic E-state index is 13.0. The van der Waals surface area contributed by atoms with Crippen LogP contribution in [0, 0.1) is 17.2 Å². The van der Waals surface area contributed by atoms with E-state index in [2.05, 4.69) is 16.3 Å². The average Bonchev–Trinajstić information content (AvgIpc) is 3.15. The number of aliphatic hydroxyl groups is 1. The first kappa shape index (κ1) is 21.9. The third-order valence-electron chi connectivity index (χ3n) is 6.25. The largest absolute Gasteiger partial charge is 0.490 e. The zero-order valence-electron chi connectivity index (χ0n) is 17.8. The van der Waals surface area contributed by atoms with Crippen molar-refractivity contribution >= 4 is 5.91 Å². The minimum Gasteiger partial charge on any atom is -0.490 e. The van der Waals surface area contributed by atoms with E-state index in [-0.39, 0.29) is 24.3 Å². The summed E-state index contributed by atoms with van der Waals surface area (Å²) < 4.78 is 17.2. The van der Waals surface area contributed by atoms with Gasteiger partial charge in [0.15, 0.2) is 11.5 Å². The molecular weight excluding hydrogens is 398 g/mol. The number of nitrogens with zero attached hydrogens (tertiary/aromatic N) is 2. The van der Waals surface area contributed by atoms with Crippen molar-refractivity contribution in [1.82, 2.24) is 10.2 Å². The highest BCUT2D eigenvalue weighted by Gasteiger charge is 2.30. The summed E-state index contributed by atoms with van der Waals surface area (Å²) in [5.74, 6) is 0.680. The average molecular weight is 430 g/mol. The molecule has 2 N–H and O–H groups in total. The highest BCUT2D eigenvalue weighted by Crippen LogP contribution is 2.35. The highest BCUT2D eigenvalue weighted by molar-refractivity contribution is 5.98. The van der Waals surface area contributed by atoms with E-state index < -0.39 is 6.10 Å². The number of nitriles is 1. The first-order valence-corrected chi connectivity index (χ1v) is 11.2. The van der Waals surface area contributed by atoms with Crippen LogP contribution in [0.4, 0.5) is 0 Å². The number of amides is 1. The molecule has 1 aromatic rings. The van der Waals surface area contributed by atoms with E-state index >= 15 is 0 Å². The number of likely N-dealkylation sites (tertiary alicyclic amines) is 1. The van der Waals surface area contributed by atoms with Gasteiger partial charge in [-0.2, -0.15) is 5.26 Å². The maximum Gasteiger partial charge on any atom is 0.255 e. The van der Waals surface area contributed by atoms with Crippen molar-refractivity contribution in [1.29, 1.82) is 5.26 Å². The topological polar surface area (TPSA) is 104 Å². The van der Waals surface area contributed by atoms with E-state index in [0.717, 1.165) is 50.9 Å². The molecule has 0 saturated carbocycles. The van der Waals surface area contributed by atoms with Crippen LogP contribution in [-0.4, -0.2) is 74.1 Å². The number of nitrogens with one attached hydrogen (secondary N) is 1. The molecule has 4 rings (SSSR count). The van der Waals surface area contributed by atoms with Crippen LogP contribution in [-0.2, 0) is 11.2 Å². The molecule has 1 amide bonds. The van der Waals surface area contributed by atoms with Gasteiger partial charge in [0.05, 0.1) is 43.5 Å².